The predicted molar refractivity (Wildman–Crippen MR) is 115 cm³/mol. The molecular formula is C21H37NaO4Si2. The summed E-state index contributed by atoms with van der Waals surface area (Å²) in [6, 6.07) is 5.82. The molecule has 0 atom stereocenters. The second-order valence-corrected chi connectivity index (χ2v) is 19.8. The third-order valence-electron chi connectivity index (χ3n) is 5.97. The Labute approximate surface area is 196 Å². The van der Waals surface area contributed by atoms with Crippen molar-refractivity contribution in [2.45, 2.75) is 90.6 Å². The van der Waals surface area contributed by atoms with Crippen LogP contribution in [0.15, 0.2) is 18.2 Å². The van der Waals surface area contributed by atoms with Crippen LogP contribution in [-0.4, -0.2) is 22.6 Å². The van der Waals surface area contributed by atoms with Gasteiger partial charge in [-0.25, -0.2) is 0 Å². The normalized spacial score (nSPS) is 12.9. The van der Waals surface area contributed by atoms with Crippen LogP contribution in [0.3, 0.4) is 0 Å². The average molecular weight is 433 g/mol. The van der Waals surface area contributed by atoms with Gasteiger partial charge in [0.05, 0.1) is 0 Å². The van der Waals surface area contributed by atoms with E-state index in [1.165, 1.54) is 0 Å². The van der Waals surface area contributed by atoms with Crippen molar-refractivity contribution in [2.75, 3.05) is 0 Å². The van der Waals surface area contributed by atoms with Crippen LogP contribution >= 0.6 is 0 Å². The Morgan fingerprint density at radius 3 is 1.71 bits per heavy atom. The first kappa shape index (κ1) is 27.7. The molecular weight excluding hydrogens is 395 g/mol. The third kappa shape index (κ3) is 7.52. The molecule has 0 aliphatic heterocycles. The molecule has 1 aromatic rings. The molecule has 1 aromatic carbocycles. The molecule has 0 saturated heterocycles. The van der Waals surface area contributed by atoms with Crippen molar-refractivity contribution < 1.29 is 48.3 Å². The fourth-order valence-corrected chi connectivity index (χ4v) is 4.01. The topological polar surface area (TPSA) is 58.6 Å². The molecule has 0 aliphatic carbocycles. The standard InChI is InChI=1S/C21H38O4Si2.Na/c1-20(2,3)26(7,8)24-17-13-11-16(12-14-19(22)23)15-18(17)25-27(9,10)21(4,5)6;/h11,13,15H,12,14H2,1-10H3,(H,22,23);/q;+1/p-1. The van der Waals surface area contributed by atoms with Crippen LogP contribution in [0.25, 0.3) is 0 Å². The smallest absolute Gasteiger partial charge is 0.550 e. The summed E-state index contributed by atoms with van der Waals surface area (Å²) in [6.07, 6.45) is 0.429. The summed E-state index contributed by atoms with van der Waals surface area (Å²) in [6.45, 7) is 22.1. The van der Waals surface area contributed by atoms with Crippen LogP contribution in [0.4, 0.5) is 0 Å². The van der Waals surface area contributed by atoms with Crippen molar-refractivity contribution >= 4 is 22.6 Å². The number of carbonyl (C=O) groups excluding carboxylic acids is 1. The van der Waals surface area contributed by atoms with E-state index in [0.29, 0.717) is 6.42 Å². The Morgan fingerprint density at radius 2 is 1.32 bits per heavy atom. The van der Waals surface area contributed by atoms with Crippen LogP contribution in [-0.2, 0) is 11.2 Å². The van der Waals surface area contributed by atoms with E-state index in [1.807, 2.05) is 18.2 Å². The summed E-state index contributed by atoms with van der Waals surface area (Å²) in [5.41, 5.74) is 0.926. The molecule has 0 unspecified atom stereocenters. The van der Waals surface area contributed by atoms with E-state index in [-0.39, 0.29) is 46.1 Å². The minimum Gasteiger partial charge on any atom is -0.550 e. The number of hydrogen-bond donors (Lipinski definition) is 0. The SMILES string of the molecule is CC(C)(C)[Si](C)(C)Oc1ccc(CCC(=O)[O-])cc1O[Si](C)(C)C(C)(C)C.[Na+]. The zero-order valence-electron chi connectivity index (χ0n) is 19.8. The molecule has 28 heavy (non-hydrogen) atoms. The minimum absolute atomic E-state index is 0. The van der Waals surface area contributed by atoms with Crippen LogP contribution in [0.5, 0.6) is 11.5 Å². The van der Waals surface area contributed by atoms with Crippen molar-refractivity contribution in [3.05, 3.63) is 23.8 Å². The largest absolute Gasteiger partial charge is 1.00 e. The summed E-state index contributed by atoms with van der Waals surface area (Å²) >= 11 is 0. The van der Waals surface area contributed by atoms with Gasteiger partial charge < -0.3 is 18.8 Å². The maximum Gasteiger partial charge on any atom is 1.00 e. The maximum absolute atomic E-state index is 10.8. The summed E-state index contributed by atoms with van der Waals surface area (Å²) < 4.78 is 13.1. The van der Waals surface area contributed by atoms with Crippen LogP contribution in [0.2, 0.25) is 36.3 Å². The van der Waals surface area contributed by atoms with Gasteiger partial charge in [-0.1, -0.05) is 47.6 Å². The summed E-state index contributed by atoms with van der Waals surface area (Å²) in [5.74, 6) is 0.467. The molecule has 0 aliphatic rings. The van der Waals surface area contributed by atoms with Crippen LogP contribution < -0.4 is 43.5 Å². The Morgan fingerprint density at radius 1 is 0.893 bits per heavy atom. The Kier molecular flexibility index (Phi) is 9.59. The zero-order valence-corrected chi connectivity index (χ0v) is 23.8. The molecule has 1 rings (SSSR count). The number of benzene rings is 1. The monoisotopic (exact) mass is 432 g/mol. The number of carboxylic acids is 1. The van der Waals surface area contributed by atoms with Gasteiger partial charge in [-0.2, -0.15) is 0 Å². The summed E-state index contributed by atoms with van der Waals surface area (Å²) in [7, 11) is -4.08. The van der Waals surface area contributed by atoms with E-state index in [4.69, 9.17) is 8.85 Å². The van der Waals surface area contributed by atoms with E-state index >= 15 is 0 Å². The number of hydrogen-bond acceptors (Lipinski definition) is 4. The average Bonchev–Trinajstić information content (AvgIpc) is 2.44. The van der Waals surface area contributed by atoms with Gasteiger partial charge >= 0.3 is 29.6 Å². The Bertz CT molecular complexity index is 674. The Balaban J connectivity index is 0.00000729. The summed E-state index contributed by atoms with van der Waals surface area (Å²) in [4.78, 5) is 10.8. The number of carboxylic acid groups (broad SMARTS) is 1. The number of aliphatic carboxylic acids is 1. The molecule has 154 valence electrons. The second-order valence-electron chi connectivity index (χ2n) is 10.4. The van der Waals surface area contributed by atoms with E-state index in [9.17, 15) is 9.90 Å². The molecule has 0 radical (unpaired) electrons. The van der Waals surface area contributed by atoms with Gasteiger partial charge in [0.15, 0.2) is 0 Å². The summed E-state index contributed by atoms with van der Waals surface area (Å²) in [5, 5.41) is 11.0. The number of aryl methyl sites for hydroxylation is 1. The van der Waals surface area contributed by atoms with E-state index < -0.39 is 22.6 Å². The van der Waals surface area contributed by atoms with Gasteiger partial charge in [-0.3, -0.25) is 0 Å². The van der Waals surface area contributed by atoms with Gasteiger partial charge in [0.1, 0.15) is 11.5 Å². The predicted octanol–water partition coefficient (Wildman–Crippen LogP) is 2.14. The molecule has 0 amide bonds. The van der Waals surface area contributed by atoms with Crippen molar-refractivity contribution in [1.82, 2.24) is 0 Å². The Hall–Kier alpha value is -0.276. The van der Waals surface area contributed by atoms with Gasteiger partial charge in [-0.15, -0.1) is 0 Å². The molecule has 0 fully saturated rings. The van der Waals surface area contributed by atoms with Crippen molar-refractivity contribution in [3.8, 4) is 11.5 Å². The van der Waals surface area contributed by atoms with Crippen molar-refractivity contribution in [3.63, 3.8) is 0 Å². The molecule has 0 aromatic heterocycles. The third-order valence-corrected chi connectivity index (χ3v) is 14.7. The fraction of sp³-hybridized carbons (Fsp3) is 0.667. The molecule has 0 saturated carbocycles. The van der Waals surface area contributed by atoms with E-state index in [0.717, 1.165) is 17.1 Å². The quantitative estimate of drug-likeness (QED) is 0.620. The number of rotatable bonds is 7. The first-order valence-corrected chi connectivity index (χ1v) is 15.5. The van der Waals surface area contributed by atoms with Gasteiger partial charge in [0.2, 0.25) is 0 Å². The van der Waals surface area contributed by atoms with Crippen molar-refractivity contribution in [2.24, 2.45) is 0 Å². The van der Waals surface area contributed by atoms with Crippen molar-refractivity contribution in [1.29, 1.82) is 0 Å². The first-order valence-electron chi connectivity index (χ1n) is 9.67. The fourth-order valence-electron chi connectivity index (χ4n) is 1.97. The number of carbonyl (C=O) groups is 1. The molecule has 0 N–H and O–H groups in total. The van der Waals surface area contributed by atoms with Crippen LogP contribution in [0, 0.1) is 0 Å². The zero-order chi connectivity index (χ0) is 21.3. The van der Waals surface area contributed by atoms with Gasteiger partial charge in [0, 0.05) is 5.97 Å². The van der Waals surface area contributed by atoms with Gasteiger partial charge in [0.25, 0.3) is 16.6 Å². The minimum atomic E-state index is -2.06. The van der Waals surface area contributed by atoms with Crippen LogP contribution in [0.1, 0.15) is 53.5 Å². The molecule has 0 heterocycles. The molecule has 4 nitrogen and oxygen atoms in total. The molecule has 7 heteroatoms. The first-order chi connectivity index (χ1) is 12.0. The van der Waals surface area contributed by atoms with Gasteiger partial charge in [-0.05, 0) is 66.8 Å². The second kappa shape index (κ2) is 9.69. The molecule has 0 spiro atoms. The van der Waals surface area contributed by atoms with E-state index in [2.05, 4.69) is 67.7 Å². The maximum atomic E-state index is 10.8. The van der Waals surface area contributed by atoms with E-state index in [1.54, 1.807) is 0 Å². The molecule has 0 bridgehead atoms.